The Labute approximate surface area is 466 Å². The summed E-state index contributed by atoms with van der Waals surface area (Å²) in [6, 6.07) is 30.0. The zero-order valence-electron chi connectivity index (χ0n) is 47.2. The van der Waals surface area contributed by atoms with Crippen molar-refractivity contribution in [2.75, 3.05) is 20.3 Å². The number of ether oxygens (including phenoxy) is 7. The van der Waals surface area contributed by atoms with Gasteiger partial charge in [0.25, 0.3) is 0 Å². The smallest absolute Gasteiger partial charge is 0.343 e. The van der Waals surface area contributed by atoms with E-state index < -0.39 is 23.9 Å². The zero-order valence-corrected chi connectivity index (χ0v) is 47.2. The molecule has 0 amide bonds. The second-order valence-corrected chi connectivity index (χ2v) is 20.4. The first-order valence-corrected chi connectivity index (χ1v) is 29.5. The van der Waals surface area contributed by atoms with Crippen LogP contribution in [0.25, 0.3) is 0 Å². The molecular formula is C67H88O11. The highest BCUT2D eigenvalue weighted by molar-refractivity contribution is 5.98. The SMILES string of the molecule is CCCCCCCCCCCCCCCCOc1ccc(OC(=O)c2ccc(OC(=O)c3cc(OC)cc(C(=O)Oc4ccc(C(=O)Oc5ccc(OCCCCCCCCCCCCCCCC)cc5)cc4)c3)cc2)cc1. The molecule has 0 aromatic heterocycles. The number of esters is 4. The van der Waals surface area contributed by atoms with E-state index in [0.29, 0.717) is 24.7 Å². The molecule has 0 saturated heterocycles. The summed E-state index contributed by atoms with van der Waals surface area (Å²) >= 11 is 0. The fourth-order valence-corrected chi connectivity index (χ4v) is 9.12. The lowest BCUT2D eigenvalue weighted by molar-refractivity contribution is 0.0722. The Kier molecular flexibility index (Phi) is 30.3. The highest BCUT2D eigenvalue weighted by atomic mass is 16.5. The summed E-state index contributed by atoms with van der Waals surface area (Å²) in [5.74, 6) is 0.0444. The zero-order chi connectivity index (χ0) is 55.3. The van der Waals surface area contributed by atoms with Gasteiger partial charge in [-0.1, -0.05) is 181 Å². The molecule has 0 radical (unpaired) electrons. The van der Waals surface area contributed by atoms with Gasteiger partial charge >= 0.3 is 23.9 Å². The van der Waals surface area contributed by atoms with Gasteiger partial charge in [-0.15, -0.1) is 0 Å². The van der Waals surface area contributed by atoms with Crippen molar-refractivity contribution in [3.63, 3.8) is 0 Å². The third-order valence-corrected chi connectivity index (χ3v) is 13.8. The van der Waals surface area contributed by atoms with Crippen molar-refractivity contribution in [1.29, 1.82) is 0 Å². The molecule has 11 heteroatoms. The van der Waals surface area contributed by atoms with Crippen LogP contribution in [0.5, 0.6) is 40.2 Å². The normalized spacial score (nSPS) is 11.0. The molecule has 0 aliphatic carbocycles. The van der Waals surface area contributed by atoms with Crippen molar-refractivity contribution >= 4 is 23.9 Å². The predicted octanol–water partition coefficient (Wildman–Crippen LogP) is 18.3. The van der Waals surface area contributed by atoms with E-state index in [1.807, 2.05) is 0 Å². The van der Waals surface area contributed by atoms with Crippen molar-refractivity contribution in [2.24, 2.45) is 0 Å². The first-order chi connectivity index (χ1) is 38.2. The Morgan fingerprint density at radius 3 is 0.769 bits per heavy atom. The maximum atomic E-state index is 13.3. The molecule has 5 aromatic rings. The summed E-state index contributed by atoms with van der Waals surface area (Å²) in [5.41, 5.74) is 0.564. The van der Waals surface area contributed by atoms with Gasteiger partial charge in [0.15, 0.2) is 0 Å². The van der Waals surface area contributed by atoms with Gasteiger partial charge < -0.3 is 33.2 Å². The molecule has 0 bridgehead atoms. The molecule has 5 aromatic carbocycles. The van der Waals surface area contributed by atoms with Gasteiger partial charge in [0.2, 0.25) is 0 Å². The van der Waals surface area contributed by atoms with E-state index in [1.54, 1.807) is 48.5 Å². The molecule has 0 N–H and O–H groups in total. The van der Waals surface area contributed by atoms with E-state index in [0.717, 1.165) is 37.2 Å². The predicted molar refractivity (Wildman–Crippen MR) is 310 cm³/mol. The average Bonchev–Trinajstić information content (AvgIpc) is 3.47. The van der Waals surface area contributed by atoms with Crippen LogP contribution >= 0.6 is 0 Å². The monoisotopic (exact) mass is 1070 g/mol. The van der Waals surface area contributed by atoms with Crippen molar-refractivity contribution in [1.82, 2.24) is 0 Å². The van der Waals surface area contributed by atoms with E-state index in [9.17, 15) is 19.2 Å². The number of carbonyl (C=O) groups is 4. The van der Waals surface area contributed by atoms with Gasteiger partial charge in [0.1, 0.15) is 40.2 Å². The summed E-state index contributed by atoms with van der Waals surface area (Å²) in [7, 11) is 1.41. The van der Waals surface area contributed by atoms with E-state index in [1.165, 1.54) is 228 Å². The van der Waals surface area contributed by atoms with Crippen LogP contribution in [0, 0.1) is 0 Å². The van der Waals surface area contributed by atoms with Gasteiger partial charge in [0.05, 0.1) is 42.6 Å². The van der Waals surface area contributed by atoms with Crippen LogP contribution in [0.1, 0.15) is 235 Å². The molecule has 422 valence electrons. The van der Waals surface area contributed by atoms with E-state index in [4.69, 9.17) is 33.2 Å². The standard InChI is InChI=1S/C67H88O11/c1-4-6-8-10-12-14-16-18-20-22-24-26-28-30-48-73-57-40-44-61(45-41-57)75-64(68)53-32-36-59(37-33-53)77-66(70)55-50-56(52-63(51-55)72-3)67(71)78-60-38-34-54(35-39-60)65(69)76-62-46-42-58(43-47-62)74-49-31-29-27-25-23-21-19-17-15-13-11-9-7-5-2/h32-47,50-52H,4-31,48-49H2,1-3H3. The fraction of sp³-hybridized carbons (Fsp3) is 0.493. The molecule has 5 rings (SSSR count). The van der Waals surface area contributed by atoms with Crippen molar-refractivity contribution in [2.45, 2.75) is 194 Å². The molecule has 0 heterocycles. The number of carbonyl (C=O) groups excluding carboxylic acids is 4. The Hall–Kier alpha value is -6.62. The van der Waals surface area contributed by atoms with Crippen LogP contribution in [0.4, 0.5) is 0 Å². The molecule has 0 saturated carbocycles. The third kappa shape index (κ3) is 25.2. The maximum Gasteiger partial charge on any atom is 0.343 e. The Morgan fingerprint density at radius 1 is 0.269 bits per heavy atom. The molecular weight excluding hydrogens is 981 g/mol. The highest BCUT2D eigenvalue weighted by Gasteiger charge is 2.19. The second kappa shape index (κ2) is 38.0. The lowest BCUT2D eigenvalue weighted by Gasteiger charge is -2.10. The van der Waals surface area contributed by atoms with Gasteiger partial charge in [-0.05, 0) is 128 Å². The molecule has 0 spiro atoms. The van der Waals surface area contributed by atoms with E-state index in [-0.39, 0.29) is 39.5 Å². The van der Waals surface area contributed by atoms with Crippen LogP contribution in [0.2, 0.25) is 0 Å². The van der Waals surface area contributed by atoms with Gasteiger partial charge in [-0.25, -0.2) is 19.2 Å². The quantitative estimate of drug-likeness (QED) is 0.0210. The van der Waals surface area contributed by atoms with Crippen LogP contribution in [-0.4, -0.2) is 44.2 Å². The highest BCUT2D eigenvalue weighted by Crippen LogP contribution is 2.26. The number of unbranched alkanes of at least 4 members (excludes halogenated alkanes) is 26. The summed E-state index contributed by atoms with van der Waals surface area (Å²) in [4.78, 5) is 52.5. The molecule has 0 atom stereocenters. The number of hydrogen-bond acceptors (Lipinski definition) is 11. The largest absolute Gasteiger partial charge is 0.497 e. The topological polar surface area (TPSA) is 133 Å². The van der Waals surface area contributed by atoms with E-state index >= 15 is 0 Å². The lowest BCUT2D eigenvalue weighted by atomic mass is 10.0. The van der Waals surface area contributed by atoms with Crippen LogP contribution in [0.3, 0.4) is 0 Å². The summed E-state index contributed by atoms with van der Waals surface area (Å²) in [5, 5.41) is 0. The van der Waals surface area contributed by atoms with Crippen LogP contribution < -0.4 is 33.2 Å². The molecule has 0 unspecified atom stereocenters. The van der Waals surface area contributed by atoms with Gasteiger partial charge in [-0.2, -0.15) is 0 Å². The fourth-order valence-electron chi connectivity index (χ4n) is 9.12. The van der Waals surface area contributed by atoms with Gasteiger partial charge in [0, 0.05) is 0 Å². The number of benzene rings is 5. The third-order valence-electron chi connectivity index (χ3n) is 13.8. The summed E-state index contributed by atoms with van der Waals surface area (Å²) < 4.78 is 39.5. The lowest BCUT2D eigenvalue weighted by Crippen LogP contribution is -2.14. The van der Waals surface area contributed by atoms with E-state index in [2.05, 4.69) is 13.8 Å². The van der Waals surface area contributed by atoms with Crippen molar-refractivity contribution in [3.05, 3.63) is 138 Å². The first kappa shape index (κ1) is 62.2. The molecule has 0 aliphatic heterocycles. The Bertz CT molecular complexity index is 2280. The van der Waals surface area contributed by atoms with Crippen LogP contribution in [0.15, 0.2) is 115 Å². The molecule has 0 aliphatic rings. The molecule has 78 heavy (non-hydrogen) atoms. The minimum Gasteiger partial charge on any atom is -0.497 e. The summed E-state index contributed by atoms with van der Waals surface area (Å²) in [6.07, 6.45) is 36.6. The molecule has 11 nitrogen and oxygen atoms in total. The Morgan fingerprint density at radius 2 is 0.500 bits per heavy atom. The maximum absolute atomic E-state index is 13.3. The van der Waals surface area contributed by atoms with Crippen molar-refractivity contribution < 1.29 is 52.3 Å². The van der Waals surface area contributed by atoms with Crippen molar-refractivity contribution in [3.8, 4) is 40.2 Å². The summed E-state index contributed by atoms with van der Waals surface area (Å²) in [6.45, 7) is 5.82. The second-order valence-electron chi connectivity index (χ2n) is 20.4. The number of hydrogen-bond donors (Lipinski definition) is 0. The minimum atomic E-state index is -0.768. The minimum absolute atomic E-state index is 0.0273. The Balaban J connectivity index is 0.957. The first-order valence-electron chi connectivity index (χ1n) is 29.5. The van der Waals surface area contributed by atoms with Gasteiger partial charge in [-0.3, -0.25) is 0 Å². The number of methoxy groups -OCH3 is 1. The van der Waals surface area contributed by atoms with Crippen LogP contribution in [-0.2, 0) is 0 Å². The number of rotatable bonds is 41. The molecule has 0 fully saturated rings. The average molecular weight is 1070 g/mol.